The van der Waals surface area contributed by atoms with E-state index < -0.39 is 0 Å². The molecule has 1 aliphatic heterocycles. The fraction of sp³-hybridized carbons (Fsp3) is 0.929. The molecule has 0 bridgehead atoms. The SMILES string of the molecule is COCCC(C)(C)CNCC(=O)NC1CCOCC1. The molecule has 1 heterocycles. The third-order valence-electron chi connectivity index (χ3n) is 3.46. The van der Waals surface area contributed by atoms with Gasteiger partial charge in [-0.1, -0.05) is 13.8 Å². The van der Waals surface area contributed by atoms with Crippen LogP contribution in [0.4, 0.5) is 0 Å². The van der Waals surface area contributed by atoms with Gasteiger partial charge in [-0.3, -0.25) is 4.79 Å². The van der Waals surface area contributed by atoms with Crippen molar-refractivity contribution in [2.24, 2.45) is 5.41 Å². The van der Waals surface area contributed by atoms with E-state index in [1.165, 1.54) is 0 Å². The van der Waals surface area contributed by atoms with Gasteiger partial charge in [0, 0.05) is 39.5 Å². The Morgan fingerprint density at radius 1 is 1.37 bits per heavy atom. The second kappa shape index (κ2) is 8.51. The monoisotopic (exact) mass is 272 g/mol. The first-order valence-corrected chi connectivity index (χ1v) is 7.10. The minimum absolute atomic E-state index is 0.0782. The lowest BCUT2D eigenvalue weighted by Crippen LogP contribution is -2.44. The number of ether oxygens (including phenoxy) is 2. The molecule has 0 unspecified atom stereocenters. The van der Waals surface area contributed by atoms with Crippen LogP contribution in [0, 0.1) is 5.41 Å². The highest BCUT2D eigenvalue weighted by atomic mass is 16.5. The van der Waals surface area contributed by atoms with Crippen molar-refractivity contribution < 1.29 is 14.3 Å². The molecule has 0 radical (unpaired) electrons. The molecule has 19 heavy (non-hydrogen) atoms. The number of hydrogen-bond acceptors (Lipinski definition) is 4. The van der Waals surface area contributed by atoms with Gasteiger partial charge >= 0.3 is 0 Å². The van der Waals surface area contributed by atoms with E-state index in [2.05, 4.69) is 24.5 Å². The van der Waals surface area contributed by atoms with Crippen molar-refractivity contribution in [1.82, 2.24) is 10.6 Å². The molecular weight excluding hydrogens is 244 g/mol. The zero-order valence-electron chi connectivity index (χ0n) is 12.5. The van der Waals surface area contributed by atoms with Gasteiger partial charge in [0.25, 0.3) is 0 Å². The molecule has 2 N–H and O–H groups in total. The number of rotatable bonds is 8. The highest BCUT2D eigenvalue weighted by Gasteiger charge is 2.19. The molecule has 1 fully saturated rings. The third-order valence-corrected chi connectivity index (χ3v) is 3.46. The minimum atomic E-state index is 0.0782. The van der Waals surface area contributed by atoms with Crippen LogP contribution in [-0.4, -0.2) is 52.0 Å². The molecule has 1 amide bonds. The first-order valence-electron chi connectivity index (χ1n) is 7.10. The molecule has 112 valence electrons. The van der Waals surface area contributed by atoms with Crippen LogP contribution in [0.5, 0.6) is 0 Å². The van der Waals surface area contributed by atoms with E-state index in [1.54, 1.807) is 7.11 Å². The molecule has 1 rings (SSSR count). The molecule has 0 aliphatic carbocycles. The molecular formula is C14H28N2O3. The quantitative estimate of drug-likeness (QED) is 0.690. The molecule has 0 aromatic carbocycles. The maximum Gasteiger partial charge on any atom is 0.234 e. The fourth-order valence-electron chi connectivity index (χ4n) is 2.10. The summed E-state index contributed by atoms with van der Waals surface area (Å²) < 4.78 is 10.4. The second-order valence-electron chi connectivity index (χ2n) is 5.96. The Morgan fingerprint density at radius 2 is 2.05 bits per heavy atom. The number of nitrogens with one attached hydrogen (secondary N) is 2. The van der Waals surface area contributed by atoms with Crippen LogP contribution in [0.25, 0.3) is 0 Å². The zero-order chi connectivity index (χ0) is 14.1. The number of carbonyl (C=O) groups is 1. The van der Waals surface area contributed by atoms with E-state index in [-0.39, 0.29) is 17.4 Å². The first kappa shape index (κ1) is 16.4. The van der Waals surface area contributed by atoms with Crippen molar-refractivity contribution in [2.45, 2.75) is 39.2 Å². The Morgan fingerprint density at radius 3 is 2.68 bits per heavy atom. The van der Waals surface area contributed by atoms with Gasteiger partial charge in [0.05, 0.1) is 6.54 Å². The first-order chi connectivity index (χ1) is 9.03. The van der Waals surface area contributed by atoms with E-state index >= 15 is 0 Å². The highest BCUT2D eigenvalue weighted by Crippen LogP contribution is 2.18. The average molecular weight is 272 g/mol. The summed E-state index contributed by atoms with van der Waals surface area (Å²) in [5, 5.41) is 6.27. The summed E-state index contributed by atoms with van der Waals surface area (Å²) in [6.45, 7) is 7.81. The summed E-state index contributed by atoms with van der Waals surface area (Å²) in [6, 6.07) is 0.282. The average Bonchev–Trinajstić information content (AvgIpc) is 2.37. The molecule has 0 atom stereocenters. The second-order valence-corrected chi connectivity index (χ2v) is 5.96. The molecule has 0 spiro atoms. The Kier molecular flexibility index (Phi) is 7.34. The van der Waals surface area contributed by atoms with Crippen LogP contribution in [-0.2, 0) is 14.3 Å². The summed E-state index contributed by atoms with van der Waals surface area (Å²) in [5.41, 5.74) is 0.148. The molecule has 1 saturated heterocycles. The molecule has 0 aromatic heterocycles. The van der Waals surface area contributed by atoms with Gasteiger partial charge in [0.2, 0.25) is 5.91 Å². The Balaban J connectivity index is 2.12. The maximum absolute atomic E-state index is 11.8. The highest BCUT2D eigenvalue weighted by molar-refractivity contribution is 5.78. The maximum atomic E-state index is 11.8. The van der Waals surface area contributed by atoms with Gasteiger partial charge in [0.1, 0.15) is 0 Å². The van der Waals surface area contributed by atoms with Crippen molar-refractivity contribution in [1.29, 1.82) is 0 Å². The molecule has 5 heteroatoms. The lowest BCUT2D eigenvalue weighted by atomic mass is 9.90. The Labute approximate surface area is 116 Å². The van der Waals surface area contributed by atoms with Crippen LogP contribution in [0.1, 0.15) is 33.1 Å². The fourth-order valence-corrected chi connectivity index (χ4v) is 2.10. The smallest absolute Gasteiger partial charge is 0.234 e. The summed E-state index contributed by atoms with van der Waals surface area (Å²) in [5.74, 6) is 0.0782. The van der Waals surface area contributed by atoms with Crippen molar-refractivity contribution in [3.63, 3.8) is 0 Å². The van der Waals surface area contributed by atoms with Crippen molar-refractivity contribution in [2.75, 3.05) is 40.0 Å². The standard InChI is InChI=1S/C14H28N2O3/c1-14(2,6-9-18-3)11-15-10-13(17)16-12-4-7-19-8-5-12/h12,15H,4-11H2,1-3H3,(H,16,17). The number of hydrogen-bond donors (Lipinski definition) is 2. The lowest BCUT2D eigenvalue weighted by Gasteiger charge is -2.26. The van der Waals surface area contributed by atoms with E-state index in [0.29, 0.717) is 6.54 Å². The molecule has 0 aromatic rings. The van der Waals surface area contributed by atoms with E-state index in [1.807, 2.05) is 0 Å². The van der Waals surface area contributed by atoms with Crippen LogP contribution < -0.4 is 10.6 Å². The Hall–Kier alpha value is -0.650. The summed E-state index contributed by atoms with van der Waals surface area (Å²) in [7, 11) is 1.71. The van der Waals surface area contributed by atoms with Crippen LogP contribution >= 0.6 is 0 Å². The van der Waals surface area contributed by atoms with Crippen LogP contribution in [0.3, 0.4) is 0 Å². The topological polar surface area (TPSA) is 59.6 Å². The van der Waals surface area contributed by atoms with Gasteiger partial charge in [-0.25, -0.2) is 0 Å². The van der Waals surface area contributed by atoms with Crippen molar-refractivity contribution >= 4 is 5.91 Å². The molecule has 5 nitrogen and oxygen atoms in total. The Bertz CT molecular complexity index is 263. The largest absolute Gasteiger partial charge is 0.385 e. The van der Waals surface area contributed by atoms with Gasteiger partial charge < -0.3 is 20.1 Å². The number of methoxy groups -OCH3 is 1. The van der Waals surface area contributed by atoms with E-state index in [0.717, 1.165) is 45.6 Å². The molecule has 0 saturated carbocycles. The predicted molar refractivity (Wildman–Crippen MR) is 75.1 cm³/mol. The third kappa shape index (κ3) is 7.50. The zero-order valence-corrected chi connectivity index (χ0v) is 12.5. The molecule has 1 aliphatic rings. The number of carbonyl (C=O) groups excluding carboxylic acids is 1. The predicted octanol–water partition coefficient (Wildman–Crippen LogP) is 0.934. The summed E-state index contributed by atoms with van der Waals surface area (Å²) in [4.78, 5) is 11.8. The van der Waals surface area contributed by atoms with E-state index in [9.17, 15) is 4.79 Å². The summed E-state index contributed by atoms with van der Waals surface area (Å²) in [6.07, 6.45) is 2.83. The van der Waals surface area contributed by atoms with Crippen LogP contribution in [0.2, 0.25) is 0 Å². The van der Waals surface area contributed by atoms with Crippen molar-refractivity contribution in [3.8, 4) is 0 Å². The van der Waals surface area contributed by atoms with Gasteiger partial charge in [-0.2, -0.15) is 0 Å². The normalized spacial score (nSPS) is 17.4. The van der Waals surface area contributed by atoms with Crippen LogP contribution in [0.15, 0.2) is 0 Å². The lowest BCUT2D eigenvalue weighted by molar-refractivity contribution is -0.121. The minimum Gasteiger partial charge on any atom is -0.385 e. The van der Waals surface area contributed by atoms with Gasteiger partial charge in [-0.15, -0.1) is 0 Å². The van der Waals surface area contributed by atoms with Crippen molar-refractivity contribution in [3.05, 3.63) is 0 Å². The van der Waals surface area contributed by atoms with E-state index in [4.69, 9.17) is 9.47 Å². The van der Waals surface area contributed by atoms with Gasteiger partial charge in [0.15, 0.2) is 0 Å². The summed E-state index contributed by atoms with van der Waals surface area (Å²) >= 11 is 0. The number of amides is 1. The van der Waals surface area contributed by atoms with Gasteiger partial charge in [-0.05, 0) is 24.7 Å².